The second-order valence-corrected chi connectivity index (χ2v) is 11.0. The lowest BCUT2D eigenvalue weighted by atomic mass is 9.86. The van der Waals surface area contributed by atoms with E-state index >= 15 is 0 Å². The van der Waals surface area contributed by atoms with Gasteiger partial charge in [0.25, 0.3) is 0 Å². The zero-order valence-electron chi connectivity index (χ0n) is 20.4. The molecule has 1 heterocycles. The van der Waals surface area contributed by atoms with Crippen LogP contribution in [0.25, 0.3) is 0 Å². The van der Waals surface area contributed by atoms with Gasteiger partial charge in [0, 0.05) is 48.7 Å². The van der Waals surface area contributed by atoms with Crippen molar-refractivity contribution in [3.8, 4) is 0 Å². The van der Waals surface area contributed by atoms with Crippen LogP contribution < -0.4 is 0 Å². The maximum absolute atomic E-state index is 12.4. The Balaban J connectivity index is 1.86. The van der Waals surface area contributed by atoms with Crippen LogP contribution in [0.2, 0.25) is 0 Å². The summed E-state index contributed by atoms with van der Waals surface area (Å²) in [6.07, 6.45) is 2.75. The molecule has 0 aliphatic carbocycles. The van der Waals surface area contributed by atoms with Gasteiger partial charge in [0.15, 0.2) is 11.6 Å². The molecule has 31 heavy (non-hydrogen) atoms. The van der Waals surface area contributed by atoms with E-state index < -0.39 is 0 Å². The first-order valence-electron chi connectivity index (χ1n) is 11.7. The molecule has 1 aromatic carbocycles. The van der Waals surface area contributed by atoms with E-state index in [1.807, 2.05) is 53.7 Å². The van der Waals surface area contributed by atoms with Gasteiger partial charge < -0.3 is 5.11 Å². The maximum atomic E-state index is 12.4. The second kappa shape index (κ2) is 10.8. The molecule has 0 spiro atoms. The standard InChI is InChI=1S/C26H42N2O3/c1-25(2,3)23(30)19-27-15-16-28(22(18-27)13-17-29)14-7-8-20-9-11-21(12-10-20)24(31)26(4,5)6/h9-12,22,29H,7-8,13-19H2,1-6H3/t22-/m0/s1. The van der Waals surface area contributed by atoms with Gasteiger partial charge in [-0.05, 0) is 31.4 Å². The van der Waals surface area contributed by atoms with E-state index in [0.29, 0.717) is 12.6 Å². The number of aryl methyl sites for hydroxylation is 1. The number of piperazine rings is 1. The molecule has 1 aromatic rings. The van der Waals surface area contributed by atoms with Crippen molar-refractivity contribution in [1.29, 1.82) is 0 Å². The second-order valence-electron chi connectivity index (χ2n) is 11.0. The van der Waals surface area contributed by atoms with Gasteiger partial charge in [-0.25, -0.2) is 0 Å². The number of hydrogen-bond donors (Lipinski definition) is 1. The number of carbonyl (C=O) groups is 2. The monoisotopic (exact) mass is 430 g/mol. The Bertz CT molecular complexity index is 729. The minimum Gasteiger partial charge on any atom is -0.396 e. The Morgan fingerprint density at radius 3 is 2.19 bits per heavy atom. The van der Waals surface area contributed by atoms with Gasteiger partial charge in [-0.3, -0.25) is 19.4 Å². The highest BCUT2D eigenvalue weighted by molar-refractivity contribution is 5.99. The minimum atomic E-state index is -0.358. The van der Waals surface area contributed by atoms with Gasteiger partial charge in [0.05, 0.1) is 6.54 Å². The van der Waals surface area contributed by atoms with Crippen molar-refractivity contribution < 1.29 is 14.7 Å². The fraction of sp³-hybridized carbons (Fsp3) is 0.692. The van der Waals surface area contributed by atoms with Crippen LogP contribution in [0.4, 0.5) is 0 Å². The van der Waals surface area contributed by atoms with E-state index in [0.717, 1.165) is 51.0 Å². The molecule has 1 atom stereocenters. The summed E-state index contributed by atoms with van der Waals surface area (Å²) in [5.41, 5.74) is 1.36. The van der Waals surface area contributed by atoms with E-state index in [-0.39, 0.29) is 29.0 Å². The van der Waals surface area contributed by atoms with Crippen molar-refractivity contribution in [2.45, 2.75) is 66.8 Å². The van der Waals surface area contributed by atoms with Gasteiger partial charge in [-0.2, -0.15) is 0 Å². The van der Waals surface area contributed by atoms with Crippen LogP contribution in [0, 0.1) is 10.8 Å². The normalized spacial score (nSPS) is 18.9. The van der Waals surface area contributed by atoms with Gasteiger partial charge in [-0.15, -0.1) is 0 Å². The molecular weight excluding hydrogens is 388 g/mol. The number of rotatable bonds is 9. The molecule has 5 nitrogen and oxygen atoms in total. The number of carbonyl (C=O) groups excluding carboxylic acids is 2. The zero-order valence-corrected chi connectivity index (χ0v) is 20.4. The smallest absolute Gasteiger partial charge is 0.168 e. The Morgan fingerprint density at radius 2 is 1.65 bits per heavy atom. The molecule has 1 aliphatic heterocycles. The largest absolute Gasteiger partial charge is 0.396 e. The van der Waals surface area contributed by atoms with E-state index in [4.69, 9.17) is 0 Å². The summed E-state index contributed by atoms with van der Waals surface area (Å²) >= 11 is 0. The highest BCUT2D eigenvalue weighted by atomic mass is 16.3. The Morgan fingerprint density at radius 1 is 1.00 bits per heavy atom. The Hall–Kier alpha value is -1.56. The van der Waals surface area contributed by atoms with Crippen LogP contribution in [0.1, 0.15) is 70.3 Å². The van der Waals surface area contributed by atoms with Crippen molar-refractivity contribution in [3.05, 3.63) is 35.4 Å². The molecule has 0 amide bonds. The highest BCUT2D eigenvalue weighted by Crippen LogP contribution is 2.22. The summed E-state index contributed by atoms with van der Waals surface area (Å²) in [7, 11) is 0. The summed E-state index contributed by atoms with van der Waals surface area (Å²) in [5, 5.41) is 9.53. The topological polar surface area (TPSA) is 60.9 Å². The van der Waals surface area contributed by atoms with E-state index in [9.17, 15) is 14.7 Å². The summed E-state index contributed by atoms with van der Waals surface area (Å²) in [6.45, 7) is 16.1. The fourth-order valence-corrected chi connectivity index (χ4v) is 4.00. The van der Waals surface area contributed by atoms with Crippen LogP contribution in [0.15, 0.2) is 24.3 Å². The molecule has 1 aliphatic rings. The molecule has 0 aromatic heterocycles. The molecule has 174 valence electrons. The van der Waals surface area contributed by atoms with Crippen LogP contribution in [-0.2, 0) is 11.2 Å². The summed E-state index contributed by atoms with van der Waals surface area (Å²) in [6, 6.07) is 8.32. The predicted molar refractivity (Wildman–Crippen MR) is 127 cm³/mol. The Labute approximate surface area is 188 Å². The average Bonchev–Trinajstić information content (AvgIpc) is 2.68. The van der Waals surface area contributed by atoms with E-state index in [1.54, 1.807) is 0 Å². The van der Waals surface area contributed by atoms with Crippen LogP contribution in [-0.4, -0.2) is 71.8 Å². The van der Waals surface area contributed by atoms with Crippen molar-refractivity contribution in [2.24, 2.45) is 10.8 Å². The number of Topliss-reactive ketones (excluding diaryl/α,β-unsaturated/α-hetero) is 2. The molecular formula is C26H42N2O3. The van der Waals surface area contributed by atoms with Gasteiger partial charge in [0.2, 0.25) is 0 Å². The summed E-state index contributed by atoms with van der Waals surface area (Å²) < 4.78 is 0. The van der Waals surface area contributed by atoms with Crippen LogP contribution in [0.5, 0.6) is 0 Å². The van der Waals surface area contributed by atoms with E-state index in [2.05, 4.69) is 21.9 Å². The lowest BCUT2D eigenvalue weighted by molar-refractivity contribution is -0.128. The predicted octanol–water partition coefficient (Wildman–Crippen LogP) is 3.83. The van der Waals surface area contributed by atoms with Crippen LogP contribution in [0.3, 0.4) is 0 Å². The van der Waals surface area contributed by atoms with Crippen molar-refractivity contribution in [2.75, 3.05) is 39.3 Å². The first-order chi connectivity index (χ1) is 14.4. The first-order valence-corrected chi connectivity index (χ1v) is 11.7. The molecule has 1 saturated heterocycles. The molecule has 5 heteroatoms. The number of aliphatic hydroxyl groups excluding tert-OH is 1. The number of ketones is 2. The number of nitrogens with zero attached hydrogens (tertiary/aromatic N) is 2. The van der Waals surface area contributed by atoms with Crippen molar-refractivity contribution in [3.63, 3.8) is 0 Å². The van der Waals surface area contributed by atoms with Crippen LogP contribution >= 0.6 is 0 Å². The molecule has 0 bridgehead atoms. The van der Waals surface area contributed by atoms with Crippen molar-refractivity contribution in [1.82, 2.24) is 9.80 Å². The summed E-state index contributed by atoms with van der Waals surface area (Å²) in [4.78, 5) is 29.5. The third kappa shape index (κ3) is 7.81. The third-order valence-electron chi connectivity index (χ3n) is 6.16. The SMILES string of the molecule is CC(C)(C)C(=O)CN1CCN(CCCc2ccc(C(=O)C(C)(C)C)cc2)[C@@H](CCO)C1. The van der Waals surface area contributed by atoms with Gasteiger partial charge in [0.1, 0.15) is 0 Å². The fourth-order valence-electron chi connectivity index (χ4n) is 4.00. The summed E-state index contributed by atoms with van der Waals surface area (Å²) in [5.74, 6) is 0.450. The number of aliphatic hydroxyl groups is 1. The molecule has 0 radical (unpaired) electrons. The van der Waals surface area contributed by atoms with Gasteiger partial charge in [-0.1, -0.05) is 65.8 Å². The van der Waals surface area contributed by atoms with Gasteiger partial charge >= 0.3 is 0 Å². The van der Waals surface area contributed by atoms with E-state index in [1.165, 1.54) is 5.56 Å². The minimum absolute atomic E-state index is 0.172. The molecule has 0 unspecified atom stereocenters. The Kier molecular flexibility index (Phi) is 8.99. The molecule has 0 saturated carbocycles. The number of hydrogen-bond acceptors (Lipinski definition) is 5. The number of benzene rings is 1. The average molecular weight is 431 g/mol. The van der Waals surface area contributed by atoms with Crippen molar-refractivity contribution >= 4 is 11.6 Å². The lowest BCUT2D eigenvalue weighted by Crippen LogP contribution is -2.55. The lowest BCUT2D eigenvalue weighted by Gasteiger charge is -2.41. The quantitative estimate of drug-likeness (QED) is 0.603. The molecule has 2 rings (SSSR count). The molecule has 1 N–H and O–H groups in total. The maximum Gasteiger partial charge on any atom is 0.168 e. The highest BCUT2D eigenvalue weighted by Gasteiger charge is 2.30. The molecule has 1 fully saturated rings. The first kappa shape index (κ1) is 25.7. The third-order valence-corrected chi connectivity index (χ3v) is 6.16. The zero-order chi connectivity index (χ0) is 23.2.